The van der Waals surface area contributed by atoms with Gasteiger partial charge in [-0.1, -0.05) is 0 Å². The van der Waals surface area contributed by atoms with E-state index in [-0.39, 0.29) is 12.8 Å². The van der Waals surface area contributed by atoms with Crippen molar-refractivity contribution in [2.45, 2.75) is 25.7 Å². The molecule has 4 N–H and O–H groups in total. The Morgan fingerprint density at radius 3 is 1.62 bits per heavy atom. The largest absolute Gasteiger partial charge is 0.393 e. The molecule has 0 spiro atoms. The predicted octanol–water partition coefficient (Wildman–Crippen LogP) is -0.466. The molecule has 0 unspecified atom stereocenters. The van der Waals surface area contributed by atoms with Crippen molar-refractivity contribution in [3.63, 3.8) is 0 Å². The van der Waals surface area contributed by atoms with Crippen molar-refractivity contribution in [1.82, 2.24) is 0 Å². The van der Waals surface area contributed by atoms with Crippen LogP contribution in [-0.2, 0) is 14.3 Å². The van der Waals surface area contributed by atoms with E-state index in [4.69, 9.17) is 11.5 Å². The molecule has 0 aromatic carbocycles. The van der Waals surface area contributed by atoms with Crippen molar-refractivity contribution in [2.75, 3.05) is 13.1 Å². The highest BCUT2D eigenvalue weighted by Crippen LogP contribution is 1.95. The zero-order valence-electron chi connectivity index (χ0n) is 7.62. The maximum absolute atomic E-state index is 10.8. The lowest BCUT2D eigenvalue weighted by Gasteiger charge is -2.00. The van der Waals surface area contributed by atoms with Gasteiger partial charge in [-0.3, -0.25) is 9.59 Å². The van der Waals surface area contributed by atoms with Crippen LogP contribution >= 0.6 is 0 Å². The molecule has 0 rings (SSSR count). The van der Waals surface area contributed by atoms with Gasteiger partial charge in [-0.15, -0.1) is 0 Å². The first-order valence-electron chi connectivity index (χ1n) is 4.34. The summed E-state index contributed by atoms with van der Waals surface area (Å²) in [5.74, 6) is -1.01. The molecule has 0 aromatic heterocycles. The second-order valence-electron chi connectivity index (χ2n) is 2.63. The molecule has 0 aliphatic carbocycles. The minimum atomic E-state index is -0.507. The van der Waals surface area contributed by atoms with Gasteiger partial charge in [0.2, 0.25) is 0 Å². The fourth-order valence-electron chi connectivity index (χ4n) is 0.722. The van der Waals surface area contributed by atoms with Crippen LogP contribution in [0.5, 0.6) is 0 Å². The lowest BCUT2D eigenvalue weighted by atomic mass is 10.3. The molecule has 0 heterocycles. The quantitative estimate of drug-likeness (QED) is 0.434. The Kier molecular flexibility index (Phi) is 7.14. The van der Waals surface area contributed by atoms with Gasteiger partial charge in [0, 0.05) is 12.8 Å². The molecular formula is C8H16N2O3. The van der Waals surface area contributed by atoms with Crippen LogP contribution < -0.4 is 11.5 Å². The second-order valence-corrected chi connectivity index (χ2v) is 2.63. The van der Waals surface area contributed by atoms with E-state index < -0.39 is 11.9 Å². The molecule has 0 aromatic rings. The van der Waals surface area contributed by atoms with E-state index in [1.165, 1.54) is 0 Å². The maximum atomic E-state index is 10.8. The first-order chi connectivity index (χ1) is 6.20. The van der Waals surface area contributed by atoms with E-state index in [2.05, 4.69) is 4.74 Å². The van der Waals surface area contributed by atoms with Crippen molar-refractivity contribution >= 4 is 11.9 Å². The zero-order valence-corrected chi connectivity index (χ0v) is 7.62. The number of esters is 2. The second kappa shape index (κ2) is 7.70. The Bertz CT molecular complexity index is 153. The number of carbonyl (C=O) groups is 2. The van der Waals surface area contributed by atoms with Crippen LogP contribution in [0.4, 0.5) is 0 Å². The highest BCUT2D eigenvalue weighted by molar-refractivity contribution is 5.85. The maximum Gasteiger partial charge on any atom is 0.313 e. The average molecular weight is 188 g/mol. The number of nitrogens with two attached hydrogens (primary N) is 2. The molecule has 0 saturated carbocycles. The van der Waals surface area contributed by atoms with E-state index in [9.17, 15) is 9.59 Å². The average Bonchev–Trinajstić information content (AvgIpc) is 2.11. The standard InChI is InChI=1S/C8H16N2O3/c9-5-1-3-7(11)13-8(12)4-2-6-10/h1-6,9-10H2. The molecular weight excluding hydrogens is 172 g/mol. The number of ether oxygens (including phenoxy) is 1. The van der Waals surface area contributed by atoms with Gasteiger partial charge in [0.1, 0.15) is 0 Å². The third-order valence-electron chi connectivity index (χ3n) is 1.40. The molecule has 0 aliphatic heterocycles. The molecule has 0 saturated heterocycles. The first kappa shape index (κ1) is 12.1. The molecule has 13 heavy (non-hydrogen) atoms. The van der Waals surface area contributed by atoms with E-state index in [1.807, 2.05) is 0 Å². The lowest BCUT2D eigenvalue weighted by molar-refractivity contribution is -0.159. The topological polar surface area (TPSA) is 95.4 Å². The van der Waals surface area contributed by atoms with Gasteiger partial charge in [0.15, 0.2) is 0 Å². The molecule has 0 bridgehead atoms. The van der Waals surface area contributed by atoms with Crippen LogP contribution in [-0.4, -0.2) is 25.0 Å². The molecule has 76 valence electrons. The van der Waals surface area contributed by atoms with Crippen molar-refractivity contribution in [3.8, 4) is 0 Å². The number of carbonyl (C=O) groups excluding carboxylic acids is 2. The summed E-state index contributed by atoms with van der Waals surface area (Å²) in [5, 5.41) is 0. The number of hydrogen-bond acceptors (Lipinski definition) is 5. The monoisotopic (exact) mass is 188 g/mol. The minimum Gasteiger partial charge on any atom is -0.393 e. The minimum absolute atomic E-state index is 0.199. The van der Waals surface area contributed by atoms with Gasteiger partial charge < -0.3 is 16.2 Å². The molecule has 0 atom stereocenters. The Morgan fingerprint density at radius 1 is 0.923 bits per heavy atom. The predicted molar refractivity (Wildman–Crippen MR) is 47.7 cm³/mol. The van der Waals surface area contributed by atoms with E-state index in [0.29, 0.717) is 25.9 Å². The summed E-state index contributed by atoms with van der Waals surface area (Å²) in [6.45, 7) is 0.845. The van der Waals surface area contributed by atoms with Gasteiger partial charge >= 0.3 is 11.9 Å². The number of rotatable bonds is 6. The molecule has 0 amide bonds. The van der Waals surface area contributed by atoms with Crippen LogP contribution in [0.1, 0.15) is 25.7 Å². The van der Waals surface area contributed by atoms with E-state index in [1.54, 1.807) is 0 Å². The van der Waals surface area contributed by atoms with E-state index >= 15 is 0 Å². The Balaban J connectivity index is 3.47. The third kappa shape index (κ3) is 7.42. The molecule has 5 heteroatoms. The third-order valence-corrected chi connectivity index (χ3v) is 1.40. The molecule has 0 radical (unpaired) electrons. The highest BCUT2D eigenvalue weighted by Gasteiger charge is 2.08. The Hall–Kier alpha value is -0.940. The van der Waals surface area contributed by atoms with Gasteiger partial charge in [0.05, 0.1) is 0 Å². The fourth-order valence-corrected chi connectivity index (χ4v) is 0.722. The Morgan fingerprint density at radius 2 is 1.31 bits per heavy atom. The van der Waals surface area contributed by atoms with Gasteiger partial charge in [-0.05, 0) is 25.9 Å². The summed E-state index contributed by atoms with van der Waals surface area (Å²) >= 11 is 0. The summed E-state index contributed by atoms with van der Waals surface area (Å²) in [4.78, 5) is 21.7. The van der Waals surface area contributed by atoms with Gasteiger partial charge in [-0.25, -0.2) is 0 Å². The summed E-state index contributed by atoms with van der Waals surface area (Å²) in [5.41, 5.74) is 10.4. The van der Waals surface area contributed by atoms with Crippen LogP contribution in [0.25, 0.3) is 0 Å². The van der Waals surface area contributed by atoms with Crippen molar-refractivity contribution < 1.29 is 14.3 Å². The highest BCUT2D eigenvalue weighted by atomic mass is 16.6. The molecule has 0 fully saturated rings. The summed E-state index contributed by atoms with van der Waals surface area (Å²) < 4.78 is 4.47. The van der Waals surface area contributed by atoms with Crippen molar-refractivity contribution in [3.05, 3.63) is 0 Å². The normalized spacial score (nSPS) is 9.69. The molecule has 0 aliphatic rings. The number of hydrogen-bond donors (Lipinski definition) is 2. The molecule has 5 nitrogen and oxygen atoms in total. The van der Waals surface area contributed by atoms with Crippen LogP contribution in [0.2, 0.25) is 0 Å². The smallest absolute Gasteiger partial charge is 0.313 e. The first-order valence-corrected chi connectivity index (χ1v) is 4.34. The summed E-state index contributed by atoms with van der Waals surface area (Å²) in [7, 11) is 0. The lowest BCUT2D eigenvalue weighted by Crippen LogP contribution is -2.14. The summed E-state index contributed by atoms with van der Waals surface area (Å²) in [6, 6.07) is 0. The van der Waals surface area contributed by atoms with E-state index in [0.717, 1.165) is 0 Å². The van der Waals surface area contributed by atoms with Crippen LogP contribution in [0, 0.1) is 0 Å². The SMILES string of the molecule is NCCCC(=O)OC(=O)CCCN. The zero-order chi connectivity index (χ0) is 10.1. The van der Waals surface area contributed by atoms with Gasteiger partial charge in [0.25, 0.3) is 0 Å². The van der Waals surface area contributed by atoms with Crippen molar-refractivity contribution in [1.29, 1.82) is 0 Å². The summed E-state index contributed by atoms with van der Waals surface area (Å²) in [6.07, 6.45) is 1.49. The Labute approximate surface area is 77.4 Å². The fraction of sp³-hybridized carbons (Fsp3) is 0.750. The van der Waals surface area contributed by atoms with Gasteiger partial charge in [-0.2, -0.15) is 0 Å². The van der Waals surface area contributed by atoms with Crippen LogP contribution in [0.3, 0.4) is 0 Å². The van der Waals surface area contributed by atoms with Crippen LogP contribution in [0.15, 0.2) is 0 Å². The van der Waals surface area contributed by atoms with Crippen molar-refractivity contribution in [2.24, 2.45) is 11.5 Å².